The number of rotatable bonds is 11. The van der Waals surface area contributed by atoms with Gasteiger partial charge in [-0.2, -0.15) is 0 Å². The van der Waals surface area contributed by atoms with E-state index in [1.807, 2.05) is 45.2 Å². The molecule has 0 radical (unpaired) electrons. The van der Waals surface area contributed by atoms with Crippen LogP contribution in [0, 0.1) is 5.92 Å². The molecule has 0 saturated carbocycles. The molecule has 10 nitrogen and oxygen atoms in total. The number of nitrogens with one attached hydrogen (secondary N) is 1. The maximum absolute atomic E-state index is 13.5. The van der Waals surface area contributed by atoms with E-state index in [-0.39, 0.29) is 41.9 Å². The van der Waals surface area contributed by atoms with Crippen LogP contribution in [-0.2, 0) is 27.8 Å². The predicted octanol–water partition coefficient (Wildman–Crippen LogP) is 3.79. The van der Waals surface area contributed by atoms with E-state index in [9.17, 15) is 18.3 Å². The lowest BCUT2D eigenvalue weighted by Gasteiger charge is -2.34. The summed E-state index contributed by atoms with van der Waals surface area (Å²) in [7, 11) is 1.28. The van der Waals surface area contributed by atoms with Crippen LogP contribution in [0.3, 0.4) is 0 Å². The number of benzene rings is 3. The fraction of sp³-hybridized carbons (Fsp3) is 0.406. The van der Waals surface area contributed by atoms with E-state index >= 15 is 0 Å². The number of nitrogens with zero attached hydrogens (tertiary/aromatic N) is 2. The van der Waals surface area contributed by atoms with E-state index in [4.69, 9.17) is 14.2 Å². The third kappa shape index (κ3) is 8.19. The number of carbonyl (C=O) groups excluding carboxylic acids is 1. The topological polar surface area (TPSA) is 118 Å². The van der Waals surface area contributed by atoms with Crippen LogP contribution in [0.4, 0.5) is 5.69 Å². The number of ether oxygens (including phenoxy) is 3. The molecule has 0 saturated heterocycles. The number of aliphatic hydroxyl groups is 1. The fourth-order valence-electron chi connectivity index (χ4n) is 5.09. The number of methoxy groups -OCH3 is 2. The molecular weight excluding hydrogens is 570 g/mol. The lowest BCUT2D eigenvalue weighted by molar-refractivity contribution is -0.134. The number of likely N-dealkylation sites (N-methyl/N-ethyl adjacent to an activating group) is 1. The monoisotopic (exact) mass is 611 g/mol. The van der Waals surface area contributed by atoms with Crippen molar-refractivity contribution < 1.29 is 32.5 Å². The highest BCUT2D eigenvalue weighted by molar-refractivity contribution is 7.92. The fourth-order valence-corrected chi connectivity index (χ4v) is 6.14. The van der Waals surface area contributed by atoms with Gasteiger partial charge in [-0.3, -0.25) is 14.4 Å². The molecule has 0 aliphatic carbocycles. The quantitative estimate of drug-likeness (QED) is 0.337. The Morgan fingerprint density at radius 3 is 2.28 bits per heavy atom. The first-order valence-electron chi connectivity index (χ1n) is 14.2. The second-order valence-corrected chi connectivity index (χ2v) is 12.7. The van der Waals surface area contributed by atoms with Crippen LogP contribution >= 0.6 is 0 Å². The summed E-state index contributed by atoms with van der Waals surface area (Å²) < 4.78 is 45.8. The van der Waals surface area contributed by atoms with E-state index in [0.29, 0.717) is 42.4 Å². The normalized spacial score (nSPS) is 18.1. The number of hydrogen-bond acceptors (Lipinski definition) is 8. The molecule has 0 spiro atoms. The number of sulfonamides is 1. The van der Waals surface area contributed by atoms with Crippen LogP contribution in [0.25, 0.3) is 0 Å². The second kappa shape index (κ2) is 14.1. The Bertz CT molecular complexity index is 1480. The first-order chi connectivity index (χ1) is 20.5. The van der Waals surface area contributed by atoms with Crippen molar-refractivity contribution in [1.82, 2.24) is 9.80 Å². The highest BCUT2D eigenvalue weighted by Gasteiger charge is 2.31. The third-order valence-corrected chi connectivity index (χ3v) is 9.04. The Labute approximate surface area is 254 Å². The van der Waals surface area contributed by atoms with E-state index in [1.165, 1.54) is 19.2 Å². The van der Waals surface area contributed by atoms with Crippen LogP contribution < -0.4 is 18.9 Å². The zero-order valence-corrected chi connectivity index (χ0v) is 26.1. The van der Waals surface area contributed by atoms with Gasteiger partial charge in [-0.1, -0.05) is 19.1 Å². The maximum atomic E-state index is 13.5. The summed E-state index contributed by atoms with van der Waals surface area (Å²) in [5, 5.41) is 9.92. The van der Waals surface area contributed by atoms with Gasteiger partial charge >= 0.3 is 0 Å². The Hall–Kier alpha value is -3.80. The van der Waals surface area contributed by atoms with Gasteiger partial charge in [-0.15, -0.1) is 0 Å². The number of amides is 1. The van der Waals surface area contributed by atoms with Crippen molar-refractivity contribution in [3.8, 4) is 17.2 Å². The second-order valence-electron chi connectivity index (χ2n) is 11.0. The van der Waals surface area contributed by atoms with Gasteiger partial charge in [0, 0.05) is 36.8 Å². The van der Waals surface area contributed by atoms with Crippen LogP contribution in [-0.4, -0.2) is 82.3 Å². The molecule has 0 fully saturated rings. The minimum Gasteiger partial charge on any atom is -0.497 e. The Balaban J connectivity index is 1.60. The predicted molar refractivity (Wildman–Crippen MR) is 165 cm³/mol. The van der Waals surface area contributed by atoms with Gasteiger partial charge in [-0.25, -0.2) is 8.42 Å². The molecule has 232 valence electrons. The van der Waals surface area contributed by atoms with Crippen LogP contribution in [0.5, 0.6) is 17.2 Å². The first kappa shape index (κ1) is 32.1. The van der Waals surface area contributed by atoms with Crippen LogP contribution in [0.2, 0.25) is 0 Å². The smallest absolute Gasteiger partial charge is 0.261 e. The van der Waals surface area contributed by atoms with Crippen LogP contribution in [0.15, 0.2) is 71.6 Å². The zero-order valence-electron chi connectivity index (χ0n) is 25.3. The van der Waals surface area contributed by atoms with E-state index in [0.717, 1.165) is 11.3 Å². The van der Waals surface area contributed by atoms with Gasteiger partial charge in [0.1, 0.15) is 23.4 Å². The average Bonchev–Trinajstić information content (AvgIpc) is 3.04. The molecular formula is C32H41N3O7S. The van der Waals surface area contributed by atoms with Crippen molar-refractivity contribution in [3.63, 3.8) is 0 Å². The number of fused-ring (bicyclic) bond motifs is 1. The Morgan fingerprint density at radius 2 is 1.67 bits per heavy atom. The van der Waals surface area contributed by atoms with Crippen molar-refractivity contribution >= 4 is 21.6 Å². The number of hydrogen-bond donors (Lipinski definition) is 2. The molecule has 43 heavy (non-hydrogen) atoms. The largest absolute Gasteiger partial charge is 0.497 e. The molecule has 11 heteroatoms. The summed E-state index contributed by atoms with van der Waals surface area (Å²) >= 11 is 0. The summed E-state index contributed by atoms with van der Waals surface area (Å²) in [6.07, 6.45) is -0.290. The van der Waals surface area contributed by atoms with Crippen LogP contribution in [0.1, 0.15) is 25.0 Å². The molecule has 1 aliphatic rings. The van der Waals surface area contributed by atoms with Gasteiger partial charge in [0.2, 0.25) is 5.91 Å². The molecule has 0 unspecified atom stereocenters. The van der Waals surface area contributed by atoms with Gasteiger partial charge in [0.25, 0.3) is 10.0 Å². The highest BCUT2D eigenvalue weighted by atomic mass is 32.2. The molecule has 4 rings (SSSR count). The van der Waals surface area contributed by atoms with Gasteiger partial charge in [-0.05, 0) is 74.1 Å². The Kier molecular flexibility index (Phi) is 10.5. The molecule has 2 N–H and O–H groups in total. The summed E-state index contributed by atoms with van der Waals surface area (Å²) in [6, 6.07) is 18.6. The zero-order chi connectivity index (χ0) is 31.1. The lowest BCUT2D eigenvalue weighted by atomic mass is 10.0. The molecule has 0 bridgehead atoms. The minimum atomic E-state index is -3.89. The molecule has 1 aliphatic heterocycles. The molecule has 3 aromatic rings. The number of carbonyl (C=O) groups is 1. The Morgan fingerprint density at radius 1 is 1.05 bits per heavy atom. The number of aliphatic hydroxyl groups excluding tert-OH is 1. The summed E-state index contributed by atoms with van der Waals surface area (Å²) in [5.74, 6) is 1.64. The third-order valence-electron chi connectivity index (χ3n) is 7.64. The summed E-state index contributed by atoms with van der Waals surface area (Å²) in [5.41, 5.74) is 2.00. The van der Waals surface area contributed by atoms with Crippen molar-refractivity contribution in [2.75, 3.05) is 45.7 Å². The number of anilines is 1. The van der Waals surface area contributed by atoms with E-state index in [2.05, 4.69) is 9.62 Å². The first-order valence-corrected chi connectivity index (χ1v) is 15.7. The van der Waals surface area contributed by atoms with E-state index < -0.39 is 10.0 Å². The summed E-state index contributed by atoms with van der Waals surface area (Å²) in [4.78, 5) is 17.5. The summed E-state index contributed by atoms with van der Waals surface area (Å²) in [6.45, 7) is 5.36. The van der Waals surface area contributed by atoms with Crippen molar-refractivity contribution in [3.05, 3.63) is 77.9 Å². The maximum Gasteiger partial charge on any atom is 0.261 e. The lowest BCUT2D eigenvalue weighted by Crippen LogP contribution is -2.47. The molecule has 3 aromatic carbocycles. The van der Waals surface area contributed by atoms with E-state index in [1.54, 1.807) is 42.3 Å². The van der Waals surface area contributed by atoms with Crippen molar-refractivity contribution in [2.45, 2.75) is 43.9 Å². The molecule has 1 heterocycles. The van der Waals surface area contributed by atoms with Gasteiger partial charge in [0.15, 0.2) is 0 Å². The minimum absolute atomic E-state index is 0.00109. The van der Waals surface area contributed by atoms with Crippen molar-refractivity contribution in [1.29, 1.82) is 0 Å². The van der Waals surface area contributed by atoms with Gasteiger partial charge < -0.3 is 24.2 Å². The molecule has 1 amide bonds. The van der Waals surface area contributed by atoms with Crippen molar-refractivity contribution in [2.24, 2.45) is 5.92 Å². The highest BCUT2D eigenvalue weighted by Crippen LogP contribution is 2.30. The molecule has 0 aromatic heterocycles. The van der Waals surface area contributed by atoms with Gasteiger partial charge in [0.05, 0.1) is 38.2 Å². The molecule has 3 atom stereocenters. The average molecular weight is 612 g/mol. The standard InChI is InChI=1S/C32H41N3O7S/c1-22-18-35(23(2)21-36)32(37)17-25-16-26(33-43(38,39)29-13-11-28(41-5)12-14-29)8-15-30(25)42-31(22)20-34(3)19-24-6-9-27(40-4)10-7-24/h6-16,22-23,31,33,36H,17-21H2,1-5H3/t22-,23+,31+/m0/s1. The SMILES string of the molecule is COc1ccc(CN(C)C[C@H]2Oc3ccc(NS(=O)(=O)c4ccc(OC)cc4)cc3CC(=O)N([C@H](C)CO)C[C@@H]2C)cc1.